The zero-order valence-electron chi connectivity index (χ0n) is 12.4. The predicted octanol–water partition coefficient (Wildman–Crippen LogP) is 3.86. The van der Waals surface area contributed by atoms with Gasteiger partial charge in [0.1, 0.15) is 0 Å². The van der Waals surface area contributed by atoms with Gasteiger partial charge in [-0.15, -0.1) is 0 Å². The summed E-state index contributed by atoms with van der Waals surface area (Å²) < 4.78 is 0. The second kappa shape index (κ2) is 6.23. The van der Waals surface area contributed by atoms with Gasteiger partial charge in [0.2, 0.25) is 5.91 Å². The highest BCUT2D eigenvalue weighted by Gasteiger charge is 2.32. The molecule has 0 saturated heterocycles. The van der Waals surface area contributed by atoms with E-state index in [9.17, 15) is 4.79 Å². The van der Waals surface area contributed by atoms with Crippen molar-refractivity contribution >= 4 is 5.91 Å². The van der Waals surface area contributed by atoms with Crippen LogP contribution in [0.5, 0.6) is 0 Å². The highest BCUT2D eigenvalue weighted by Crippen LogP contribution is 2.33. The maximum Gasteiger partial charge on any atom is 0.246 e. The van der Waals surface area contributed by atoms with E-state index in [2.05, 4.69) is 32.1 Å². The van der Waals surface area contributed by atoms with E-state index < -0.39 is 0 Å². The summed E-state index contributed by atoms with van der Waals surface area (Å²) in [4.78, 5) is 13.9. The molecule has 2 nitrogen and oxygen atoms in total. The van der Waals surface area contributed by atoms with E-state index in [1.54, 1.807) is 0 Å². The molecule has 0 fully saturated rings. The van der Waals surface area contributed by atoms with Crippen LogP contribution in [-0.2, 0) is 4.79 Å². The van der Waals surface area contributed by atoms with Gasteiger partial charge in [0.25, 0.3) is 0 Å². The van der Waals surface area contributed by atoms with Gasteiger partial charge in [0, 0.05) is 19.0 Å². The van der Waals surface area contributed by atoms with Crippen molar-refractivity contribution in [2.75, 3.05) is 7.05 Å². The van der Waals surface area contributed by atoms with Crippen LogP contribution in [0, 0.1) is 5.92 Å². The van der Waals surface area contributed by atoms with Crippen LogP contribution < -0.4 is 0 Å². The standard InChI is InChI=1S/C17H25NO/c1-4-5-6-7-8-14-12-17(19)18(3)16-11-13(2)9-10-15(14)16/h9-12,15-16H,4-8H2,1-3H3. The molecular weight excluding hydrogens is 234 g/mol. The smallest absolute Gasteiger partial charge is 0.246 e. The predicted molar refractivity (Wildman–Crippen MR) is 79.8 cm³/mol. The van der Waals surface area contributed by atoms with Crippen LogP contribution in [0.15, 0.2) is 35.5 Å². The Morgan fingerprint density at radius 3 is 2.79 bits per heavy atom. The Balaban J connectivity index is 2.08. The normalized spacial score (nSPS) is 26.1. The molecule has 1 aliphatic heterocycles. The highest BCUT2D eigenvalue weighted by molar-refractivity contribution is 5.90. The summed E-state index contributed by atoms with van der Waals surface area (Å²) in [5.74, 6) is 0.555. The number of unbranched alkanes of at least 4 members (excludes halogenated alkanes) is 3. The van der Waals surface area contributed by atoms with E-state index in [4.69, 9.17) is 0 Å². The molecule has 2 rings (SSSR count). The number of hydrogen-bond acceptors (Lipinski definition) is 1. The monoisotopic (exact) mass is 259 g/mol. The average Bonchev–Trinajstić information content (AvgIpc) is 2.40. The molecule has 2 aliphatic rings. The number of carbonyl (C=O) groups is 1. The van der Waals surface area contributed by atoms with Crippen LogP contribution in [0.25, 0.3) is 0 Å². The van der Waals surface area contributed by atoms with Crippen LogP contribution in [0.4, 0.5) is 0 Å². The van der Waals surface area contributed by atoms with Gasteiger partial charge in [-0.1, -0.05) is 55.6 Å². The van der Waals surface area contributed by atoms with E-state index in [-0.39, 0.29) is 11.9 Å². The van der Waals surface area contributed by atoms with Crippen molar-refractivity contribution in [3.63, 3.8) is 0 Å². The summed E-state index contributed by atoms with van der Waals surface area (Å²) in [6.45, 7) is 4.33. The zero-order chi connectivity index (χ0) is 13.8. The molecule has 0 bridgehead atoms. The van der Waals surface area contributed by atoms with Gasteiger partial charge in [-0.25, -0.2) is 0 Å². The molecule has 19 heavy (non-hydrogen) atoms. The number of amides is 1. The van der Waals surface area contributed by atoms with Crippen LogP contribution in [-0.4, -0.2) is 23.9 Å². The number of carbonyl (C=O) groups excluding carboxylic acids is 1. The largest absolute Gasteiger partial charge is 0.335 e. The molecule has 0 N–H and O–H groups in total. The Bertz CT molecular complexity index is 431. The van der Waals surface area contributed by atoms with Gasteiger partial charge in [-0.05, 0) is 19.8 Å². The molecule has 0 spiro atoms. The maximum absolute atomic E-state index is 12.1. The molecule has 1 amide bonds. The van der Waals surface area contributed by atoms with Crippen LogP contribution >= 0.6 is 0 Å². The fourth-order valence-electron chi connectivity index (χ4n) is 2.99. The summed E-state index contributed by atoms with van der Waals surface area (Å²) in [6.07, 6.45) is 14.6. The second-order valence-corrected chi connectivity index (χ2v) is 5.77. The fraction of sp³-hybridized carbons (Fsp3) is 0.588. The van der Waals surface area contributed by atoms with Crippen molar-refractivity contribution in [1.29, 1.82) is 0 Å². The summed E-state index contributed by atoms with van der Waals surface area (Å²) in [6, 6.07) is 0.226. The van der Waals surface area contributed by atoms with E-state index in [1.165, 1.54) is 36.8 Å². The summed E-state index contributed by atoms with van der Waals surface area (Å²) in [5.41, 5.74) is 2.58. The molecular formula is C17H25NO. The molecule has 1 aliphatic carbocycles. The average molecular weight is 259 g/mol. The molecule has 2 atom stereocenters. The van der Waals surface area contributed by atoms with Crippen molar-refractivity contribution in [3.05, 3.63) is 35.5 Å². The van der Waals surface area contributed by atoms with E-state index >= 15 is 0 Å². The molecule has 1 heterocycles. The quantitative estimate of drug-likeness (QED) is 0.687. The van der Waals surface area contributed by atoms with E-state index in [1.807, 2.05) is 18.0 Å². The van der Waals surface area contributed by atoms with Gasteiger partial charge in [0.15, 0.2) is 0 Å². The first-order valence-electron chi connectivity index (χ1n) is 7.47. The minimum absolute atomic E-state index is 0.158. The van der Waals surface area contributed by atoms with Crippen LogP contribution in [0.3, 0.4) is 0 Å². The number of fused-ring (bicyclic) bond motifs is 1. The molecule has 0 aromatic heterocycles. The minimum Gasteiger partial charge on any atom is -0.335 e. The van der Waals surface area contributed by atoms with Crippen molar-refractivity contribution in [1.82, 2.24) is 4.90 Å². The lowest BCUT2D eigenvalue weighted by molar-refractivity contribution is -0.127. The van der Waals surface area contributed by atoms with Crippen molar-refractivity contribution in [2.24, 2.45) is 5.92 Å². The number of hydrogen-bond donors (Lipinski definition) is 0. The van der Waals surface area contributed by atoms with Crippen LogP contribution in [0.1, 0.15) is 46.0 Å². The Kier molecular flexibility index (Phi) is 4.62. The lowest BCUT2D eigenvalue weighted by Crippen LogP contribution is -2.44. The first kappa shape index (κ1) is 14.1. The molecule has 2 unspecified atom stereocenters. The molecule has 0 aromatic rings. The first-order valence-corrected chi connectivity index (χ1v) is 7.47. The molecule has 2 heteroatoms. The second-order valence-electron chi connectivity index (χ2n) is 5.77. The Labute approximate surface area is 116 Å². The third kappa shape index (κ3) is 3.17. The SMILES string of the molecule is CCCCCCC1=CC(=O)N(C)C2C=C(C)C=CC12. The van der Waals surface area contributed by atoms with Crippen LogP contribution in [0.2, 0.25) is 0 Å². The maximum atomic E-state index is 12.1. The van der Waals surface area contributed by atoms with E-state index in [0.717, 1.165) is 6.42 Å². The van der Waals surface area contributed by atoms with Crippen molar-refractivity contribution in [2.45, 2.75) is 52.0 Å². The summed E-state index contributed by atoms with van der Waals surface area (Å²) in [7, 11) is 1.91. The molecule has 0 saturated carbocycles. The Morgan fingerprint density at radius 2 is 2.05 bits per heavy atom. The molecule has 104 valence electrons. The Hall–Kier alpha value is -1.31. The highest BCUT2D eigenvalue weighted by atomic mass is 16.2. The summed E-state index contributed by atoms with van der Waals surface area (Å²) in [5, 5.41) is 0. The zero-order valence-corrected chi connectivity index (χ0v) is 12.4. The van der Waals surface area contributed by atoms with Gasteiger partial charge in [-0.3, -0.25) is 4.79 Å². The van der Waals surface area contributed by atoms with Crippen molar-refractivity contribution in [3.8, 4) is 0 Å². The van der Waals surface area contributed by atoms with Gasteiger partial charge < -0.3 is 4.90 Å². The van der Waals surface area contributed by atoms with Gasteiger partial charge in [0.05, 0.1) is 6.04 Å². The van der Waals surface area contributed by atoms with E-state index in [0.29, 0.717) is 5.92 Å². The lowest BCUT2D eigenvalue weighted by atomic mass is 9.80. The number of rotatable bonds is 5. The number of nitrogens with zero attached hydrogens (tertiary/aromatic N) is 1. The minimum atomic E-state index is 0.158. The number of allylic oxidation sites excluding steroid dienone is 2. The first-order chi connectivity index (χ1) is 9.13. The van der Waals surface area contributed by atoms with Crippen molar-refractivity contribution < 1.29 is 4.79 Å². The van der Waals surface area contributed by atoms with Gasteiger partial charge in [-0.2, -0.15) is 0 Å². The topological polar surface area (TPSA) is 20.3 Å². The molecule has 0 radical (unpaired) electrons. The lowest BCUT2D eigenvalue weighted by Gasteiger charge is -2.38. The third-order valence-electron chi connectivity index (χ3n) is 4.22. The fourth-order valence-corrected chi connectivity index (χ4v) is 2.99. The molecule has 0 aromatic carbocycles. The summed E-state index contributed by atoms with van der Waals surface area (Å²) >= 11 is 0. The van der Waals surface area contributed by atoms with Gasteiger partial charge >= 0.3 is 0 Å². The third-order valence-corrected chi connectivity index (χ3v) is 4.22. The number of likely N-dealkylation sites (N-methyl/N-ethyl adjacent to an activating group) is 1. The Morgan fingerprint density at radius 1 is 1.26 bits per heavy atom.